The number of ether oxygens (including phenoxy) is 1. The predicted molar refractivity (Wildman–Crippen MR) is 75.7 cm³/mol. The van der Waals surface area contributed by atoms with Crippen molar-refractivity contribution in [2.45, 2.75) is 0 Å². The second-order valence-electron chi connectivity index (χ2n) is 3.97. The highest BCUT2D eigenvalue weighted by atomic mass is 35.5. The Bertz CT molecular complexity index is 637. The largest absolute Gasteiger partial charge is 0.507 e. The number of phenolic OH excluding ortho intramolecular Hbond substituents is 2. The first-order chi connectivity index (χ1) is 9.52. The molecule has 104 valence electrons. The molecule has 2 aromatic carbocycles. The summed E-state index contributed by atoms with van der Waals surface area (Å²) in [6.45, 7) is 0. The number of halogens is 1. The SMILES string of the molecule is COc1ccc(Cl)c(NC(=O)c2c(O)cccc2O)c1. The van der Waals surface area contributed by atoms with E-state index in [0.717, 1.165) is 0 Å². The van der Waals surface area contributed by atoms with Crippen molar-refractivity contribution in [2.24, 2.45) is 0 Å². The summed E-state index contributed by atoms with van der Waals surface area (Å²) in [6, 6.07) is 8.80. The fourth-order valence-electron chi connectivity index (χ4n) is 1.67. The number of phenols is 2. The number of aromatic hydroxyl groups is 2. The maximum atomic E-state index is 12.1. The summed E-state index contributed by atoms with van der Waals surface area (Å²) in [5.41, 5.74) is 0.102. The third-order valence-electron chi connectivity index (χ3n) is 2.67. The van der Waals surface area contributed by atoms with Crippen LogP contribution < -0.4 is 10.1 Å². The fraction of sp³-hybridized carbons (Fsp3) is 0.0714. The second-order valence-corrected chi connectivity index (χ2v) is 4.38. The third kappa shape index (κ3) is 2.78. The summed E-state index contributed by atoms with van der Waals surface area (Å²) in [5.74, 6) is -0.787. The number of benzene rings is 2. The monoisotopic (exact) mass is 293 g/mol. The number of carbonyl (C=O) groups excluding carboxylic acids is 1. The molecule has 1 amide bonds. The highest BCUT2D eigenvalue weighted by molar-refractivity contribution is 6.34. The Kier molecular flexibility index (Phi) is 4.00. The Morgan fingerprint density at radius 1 is 1.20 bits per heavy atom. The van der Waals surface area contributed by atoms with Crippen LogP contribution in [0.2, 0.25) is 5.02 Å². The topological polar surface area (TPSA) is 78.8 Å². The molecule has 0 radical (unpaired) electrons. The van der Waals surface area contributed by atoms with Crippen molar-refractivity contribution in [1.82, 2.24) is 0 Å². The van der Waals surface area contributed by atoms with E-state index in [-0.39, 0.29) is 17.1 Å². The minimum atomic E-state index is -0.671. The number of carbonyl (C=O) groups is 1. The average Bonchev–Trinajstić information content (AvgIpc) is 2.41. The zero-order valence-electron chi connectivity index (χ0n) is 10.6. The molecule has 0 atom stereocenters. The van der Waals surface area contributed by atoms with Crippen LogP contribution >= 0.6 is 11.6 Å². The van der Waals surface area contributed by atoms with Gasteiger partial charge in [-0.1, -0.05) is 17.7 Å². The molecule has 2 rings (SSSR count). The molecule has 3 N–H and O–H groups in total. The summed E-state index contributed by atoms with van der Waals surface area (Å²) < 4.78 is 5.04. The van der Waals surface area contributed by atoms with Crippen molar-refractivity contribution in [3.63, 3.8) is 0 Å². The average molecular weight is 294 g/mol. The molecule has 0 aliphatic carbocycles. The molecule has 0 saturated carbocycles. The lowest BCUT2D eigenvalue weighted by Gasteiger charge is -2.10. The van der Waals surface area contributed by atoms with Gasteiger partial charge < -0.3 is 20.3 Å². The molecule has 6 heteroatoms. The van der Waals surface area contributed by atoms with E-state index in [9.17, 15) is 15.0 Å². The van der Waals surface area contributed by atoms with Crippen LogP contribution in [0.3, 0.4) is 0 Å². The van der Waals surface area contributed by atoms with Gasteiger partial charge in [0.25, 0.3) is 5.91 Å². The van der Waals surface area contributed by atoms with Crippen molar-refractivity contribution < 1.29 is 19.7 Å². The summed E-state index contributed by atoms with van der Waals surface area (Å²) in [5, 5.41) is 22.1. The van der Waals surface area contributed by atoms with Crippen molar-refractivity contribution in [1.29, 1.82) is 0 Å². The van der Waals surface area contributed by atoms with Crippen molar-refractivity contribution >= 4 is 23.2 Å². The summed E-state index contributed by atoms with van der Waals surface area (Å²) in [4.78, 5) is 12.1. The minimum absolute atomic E-state index is 0.216. The van der Waals surface area contributed by atoms with Crippen molar-refractivity contribution in [3.8, 4) is 17.2 Å². The Morgan fingerprint density at radius 3 is 2.45 bits per heavy atom. The van der Waals surface area contributed by atoms with Gasteiger partial charge in [0.2, 0.25) is 0 Å². The normalized spacial score (nSPS) is 10.1. The van der Waals surface area contributed by atoms with Crippen LogP contribution in [-0.2, 0) is 0 Å². The molecule has 0 aliphatic heterocycles. The molecule has 0 aromatic heterocycles. The Morgan fingerprint density at radius 2 is 1.85 bits per heavy atom. The highest BCUT2D eigenvalue weighted by Gasteiger charge is 2.17. The Balaban J connectivity index is 2.33. The fourth-order valence-corrected chi connectivity index (χ4v) is 1.84. The van der Waals surface area contributed by atoms with Crippen molar-refractivity contribution in [2.75, 3.05) is 12.4 Å². The molecule has 2 aromatic rings. The van der Waals surface area contributed by atoms with E-state index in [4.69, 9.17) is 16.3 Å². The van der Waals surface area contributed by atoms with Crippen LogP contribution in [0.1, 0.15) is 10.4 Å². The zero-order valence-corrected chi connectivity index (χ0v) is 11.3. The van der Waals surface area contributed by atoms with Crippen LogP contribution in [0.4, 0.5) is 5.69 Å². The molecule has 20 heavy (non-hydrogen) atoms. The standard InChI is InChI=1S/C14H12ClNO4/c1-20-8-5-6-9(15)10(7-8)16-14(19)13-11(17)3-2-4-12(13)18/h2-7,17-18H,1H3,(H,16,19). The molecule has 0 fully saturated rings. The molecule has 0 unspecified atom stereocenters. The van der Waals surface area contributed by atoms with E-state index in [1.165, 1.54) is 31.4 Å². The zero-order chi connectivity index (χ0) is 14.7. The van der Waals surface area contributed by atoms with Crippen LogP contribution in [-0.4, -0.2) is 23.2 Å². The molecule has 5 nitrogen and oxygen atoms in total. The van der Waals surface area contributed by atoms with Gasteiger partial charge in [-0.05, 0) is 24.3 Å². The Labute approximate surface area is 120 Å². The Hall–Kier alpha value is -2.40. The summed E-state index contributed by atoms with van der Waals surface area (Å²) >= 11 is 5.97. The van der Waals surface area contributed by atoms with Crippen LogP contribution in [0.25, 0.3) is 0 Å². The highest BCUT2D eigenvalue weighted by Crippen LogP contribution is 2.30. The first-order valence-corrected chi connectivity index (χ1v) is 6.06. The number of nitrogens with one attached hydrogen (secondary N) is 1. The van der Waals surface area contributed by atoms with Gasteiger partial charge in [-0.15, -0.1) is 0 Å². The molecular weight excluding hydrogens is 282 g/mol. The van der Waals surface area contributed by atoms with Gasteiger partial charge in [-0.2, -0.15) is 0 Å². The van der Waals surface area contributed by atoms with Crippen LogP contribution in [0.15, 0.2) is 36.4 Å². The van der Waals surface area contributed by atoms with E-state index in [1.807, 2.05) is 0 Å². The molecule has 0 saturated heterocycles. The van der Waals surface area contributed by atoms with E-state index in [0.29, 0.717) is 16.5 Å². The predicted octanol–water partition coefficient (Wildman–Crippen LogP) is 3.01. The van der Waals surface area contributed by atoms with Gasteiger partial charge in [0.1, 0.15) is 22.8 Å². The van der Waals surface area contributed by atoms with E-state index >= 15 is 0 Å². The lowest BCUT2D eigenvalue weighted by Crippen LogP contribution is -2.12. The molecular formula is C14H12ClNO4. The van der Waals surface area contributed by atoms with Crippen LogP contribution in [0.5, 0.6) is 17.2 Å². The van der Waals surface area contributed by atoms with Gasteiger partial charge in [0.15, 0.2) is 0 Å². The van der Waals surface area contributed by atoms with Gasteiger partial charge in [0, 0.05) is 6.07 Å². The number of rotatable bonds is 3. The number of hydrogen-bond acceptors (Lipinski definition) is 4. The van der Waals surface area contributed by atoms with Gasteiger partial charge in [-0.3, -0.25) is 4.79 Å². The van der Waals surface area contributed by atoms with Gasteiger partial charge in [-0.25, -0.2) is 0 Å². The second kappa shape index (κ2) is 5.71. The number of hydrogen-bond donors (Lipinski definition) is 3. The third-order valence-corrected chi connectivity index (χ3v) is 3.00. The van der Waals surface area contributed by atoms with E-state index in [2.05, 4.69) is 5.32 Å². The van der Waals surface area contributed by atoms with E-state index in [1.54, 1.807) is 12.1 Å². The first-order valence-electron chi connectivity index (χ1n) is 5.68. The number of methoxy groups -OCH3 is 1. The lowest BCUT2D eigenvalue weighted by atomic mass is 10.1. The first kappa shape index (κ1) is 14.0. The van der Waals surface area contributed by atoms with Gasteiger partial charge in [0.05, 0.1) is 17.8 Å². The van der Waals surface area contributed by atoms with Gasteiger partial charge >= 0.3 is 0 Å². The maximum absolute atomic E-state index is 12.1. The molecule has 0 aliphatic rings. The molecule has 0 spiro atoms. The molecule has 0 bridgehead atoms. The lowest BCUT2D eigenvalue weighted by molar-refractivity contribution is 0.102. The van der Waals surface area contributed by atoms with Crippen molar-refractivity contribution in [3.05, 3.63) is 47.0 Å². The molecule has 0 heterocycles. The van der Waals surface area contributed by atoms with E-state index < -0.39 is 5.91 Å². The summed E-state index contributed by atoms with van der Waals surface area (Å²) in [7, 11) is 1.49. The number of anilines is 1. The quantitative estimate of drug-likeness (QED) is 0.813. The van der Waals surface area contributed by atoms with Crippen LogP contribution in [0, 0.1) is 0 Å². The minimum Gasteiger partial charge on any atom is -0.507 e. The smallest absolute Gasteiger partial charge is 0.263 e. The number of amides is 1. The summed E-state index contributed by atoms with van der Waals surface area (Å²) in [6.07, 6.45) is 0. The maximum Gasteiger partial charge on any atom is 0.263 e.